The van der Waals surface area contributed by atoms with Crippen LogP contribution in [0.2, 0.25) is 0 Å². The molecule has 4 aromatic rings. The molecule has 3 aromatic carbocycles. The second kappa shape index (κ2) is 8.77. The number of nitrogens with zero attached hydrogens (tertiary/aromatic N) is 2. The molecule has 0 aliphatic carbocycles. The fraction of sp³-hybridized carbons (Fsp3) is 0.0800. The quantitative estimate of drug-likeness (QED) is 0.473. The number of carbonyl (C=O) groups is 1. The zero-order valence-corrected chi connectivity index (χ0v) is 17.1. The van der Waals surface area contributed by atoms with E-state index in [0.29, 0.717) is 41.8 Å². The van der Waals surface area contributed by atoms with Gasteiger partial charge >= 0.3 is 0 Å². The SMILES string of the molecule is O=C(Nc1ccc2c(c1)OCCO2)c1cccc(Nc2cc(-c3ccccc3)ncn2)c1. The zero-order valence-electron chi connectivity index (χ0n) is 17.1. The van der Waals surface area contributed by atoms with E-state index in [9.17, 15) is 4.79 Å². The third-order valence-electron chi connectivity index (χ3n) is 4.93. The summed E-state index contributed by atoms with van der Waals surface area (Å²) in [5.74, 6) is 1.73. The molecule has 5 rings (SSSR count). The Morgan fingerprint density at radius 1 is 0.781 bits per heavy atom. The summed E-state index contributed by atoms with van der Waals surface area (Å²) in [5, 5.41) is 6.15. The van der Waals surface area contributed by atoms with Crippen LogP contribution >= 0.6 is 0 Å². The van der Waals surface area contributed by atoms with Crippen LogP contribution in [0.25, 0.3) is 11.3 Å². The van der Waals surface area contributed by atoms with Gasteiger partial charge in [-0.25, -0.2) is 9.97 Å². The van der Waals surface area contributed by atoms with Gasteiger partial charge in [0.25, 0.3) is 5.91 Å². The van der Waals surface area contributed by atoms with Crippen LogP contribution in [0.5, 0.6) is 11.5 Å². The summed E-state index contributed by atoms with van der Waals surface area (Å²) in [6.45, 7) is 1.02. The van der Waals surface area contributed by atoms with Crippen LogP contribution in [0.3, 0.4) is 0 Å². The van der Waals surface area contributed by atoms with Crippen molar-refractivity contribution in [2.75, 3.05) is 23.8 Å². The second-order valence-corrected chi connectivity index (χ2v) is 7.17. The minimum Gasteiger partial charge on any atom is -0.486 e. The van der Waals surface area contributed by atoms with Gasteiger partial charge in [0.2, 0.25) is 0 Å². The molecular formula is C25H20N4O3. The van der Waals surface area contributed by atoms with Crippen LogP contribution in [-0.2, 0) is 0 Å². The number of nitrogens with one attached hydrogen (secondary N) is 2. The number of carbonyl (C=O) groups excluding carboxylic acids is 1. The van der Waals surface area contributed by atoms with Crippen LogP contribution in [0.4, 0.5) is 17.2 Å². The maximum Gasteiger partial charge on any atom is 0.255 e. The first-order chi connectivity index (χ1) is 15.7. The van der Waals surface area contributed by atoms with E-state index in [1.165, 1.54) is 6.33 Å². The molecule has 0 radical (unpaired) electrons. The highest BCUT2D eigenvalue weighted by atomic mass is 16.6. The maximum absolute atomic E-state index is 12.8. The van der Waals surface area contributed by atoms with Crippen molar-refractivity contribution in [3.8, 4) is 22.8 Å². The predicted molar refractivity (Wildman–Crippen MR) is 123 cm³/mol. The van der Waals surface area contributed by atoms with Crippen molar-refractivity contribution in [2.24, 2.45) is 0 Å². The second-order valence-electron chi connectivity index (χ2n) is 7.17. The minimum atomic E-state index is -0.224. The van der Waals surface area contributed by atoms with Gasteiger partial charge in [-0.15, -0.1) is 0 Å². The molecule has 32 heavy (non-hydrogen) atoms. The lowest BCUT2D eigenvalue weighted by Gasteiger charge is -2.19. The van der Waals surface area contributed by atoms with Crippen molar-refractivity contribution in [1.82, 2.24) is 9.97 Å². The van der Waals surface area contributed by atoms with Gasteiger partial charge in [0.15, 0.2) is 11.5 Å². The first-order valence-electron chi connectivity index (χ1n) is 10.2. The third-order valence-corrected chi connectivity index (χ3v) is 4.93. The van der Waals surface area contributed by atoms with E-state index in [1.54, 1.807) is 30.3 Å². The van der Waals surface area contributed by atoms with E-state index in [4.69, 9.17) is 9.47 Å². The Morgan fingerprint density at radius 2 is 1.62 bits per heavy atom. The highest BCUT2D eigenvalue weighted by molar-refractivity contribution is 6.05. The Kier molecular flexibility index (Phi) is 5.36. The molecule has 1 aliphatic rings. The van der Waals surface area contributed by atoms with Crippen LogP contribution < -0.4 is 20.1 Å². The van der Waals surface area contributed by atoms with Crippen molar-refractivity contribution in [2.45, 2.75) is 0 Å². The summed E-state index contributed by atoms with van der Waals surface area (Å²) in [7, 11) is 0. The van der Waals surface area contributed by atoms with E-state index in [0.717, 1.165) is 16.9 Å². The molecule has 0 bridgehead atoms. The average molecular weight is 424 g/mol. The van der Waals surface area contributed by atoms with Gasteiger partial charge in [0.1, 0.15) is 25.4 Å². The fourth-order valence-corrected chi connectivity index (χ4v) is 3.40. The predicted octanol–water partition coefficient (Wildman–Crippen LogP) is 4.91. The molecule has 2 heterocycles. The molecule has 1 amide bonds. The average Bonchev–Trinajstić information content (AvgIpc) is 2.85. The Bertz CT molecular complexity index is 1260. The summed E-state index contributed by atoms with van der Waals surface area (Å²) in [5.41, 5.74) is 3.72. The first kappa shape index (κ1) is 19.6. The molecule has 0 saturated heterocycles. The van der Waals surface area contributed by atoms with Gasteiger partial charge in [-0.3, -0.25) is 4.79 Å². The molecule has 7 nitrogen and oxygen atoms in total. The number of fused-ring (bicyclic) bond motifs is 1. The van der Waals surface area contributed by atoms with Gasteiger partial charge in [0.05, 0.1) is 5.69 Å². The van der Waals surface area contributed by atoms with Crippen LogP contribution in [0.15, 0.2) is 85.2 Å². The number of hydrogen-bond donors (Lipinski definition) is 2. The van der Waals surface area contributed by atoms with Gasteiger partial charge < -0.3 is 20.1 Å². The van der Waals surface area contributed by atoms with Gasteiger partial charge in [0, 0.05) is 34.6 Å². The number of aromatic nitrogens is 2. The summed E-state index contributed by atoms with van der Waals surface area (Å²) >= 11 is 0. The number of amides is 1. The molecule has 2 N–H and O–H groups in total. The summed E-state index contributed by atoms with van der Waals surface area (Å²) in [4.78, 5) is 21.4. The van der Waals surface area contributed by atoms with Gasteiger partial charge in [-0.1, -0.05) is 36.4 Å². The zero-order chi connectivity index (χ0) is 21.8. The van der Waals surface area contributed by atoms with Gasteiger partial charge in [-0.2, -0.15) is 0 Å². The van der Waals surface area contributed by atoms with E-state index in [1.807, 2.05) is 48.5 Å². The smallest absolute Gasteiger partial charge is 0.255 e. The molecule has 158 valence electrons. The van der Waals surface area contributed by atoms with Gasteiger partial charge in [-0.05, 0) is 30.3 Å². The lowest BCUT2D eigenvalue weighted by Crippen LogP contribution is -2.16. The minimum absolute atomic E-state index is 0.224. The Balaban J connectivity index is 1.31. The molecule has 0 unspecified atom stereocenters. The third kappa shape index (κ3) is 4.37. The normalized spacial score (nSPS) is 12.1. The number of hydrogen-bond acceptors (Lipinski definition) is 6. The number of benzene rings is 3. The number of rotatable bonds is 5. The van der Waals surface area contributed by atoms with Crippen molar-refractivity contribution in [3.63, 3.8) is 0 Å². The topological polar surface area (TPSA) is 85.4 Å². The largest absolute Gasteiger partial charge is 0.486 e. The fourth-order valence-electron chi connectivity index (χ4n) is 3.40. The lowest BCUT2D eigenvalue weighted by atomic mass is 10.1. The summed E-state index contributed by atoms with van der Waals surface area (Å²) in [6, 6.07) is 24.3. The van der Waals surface area contributed by atoms with Crippen LogP contribution in [-0.4, -0.2) is 29.1 Å². The first-order valence-corrected chi connectivity index (χ1v) is 10.2. The van der Waals surface area contributed by atoms with E-state index >= 15 is 0 Å². The monoisotopic (exact) mass is 424 g/mol. The van der Waals surface area contributed by atoms with Crippen molar-refractivity contribution >= 4 is 23.1 Å². The van der Waals surface area contributed by atoms with E-state index < -0.39 is 0 Å². The van der Waals surface area contributed by atoms with Crippen molar-refractivity contribution in [1.29, 1.82) is 0 Å². The Hall–Kier alpha value is -4.39. The Morgan fingerprint density at radius 3 is 2.50 bits per heavy atom. The summed E-state index contributed by atoms with van der Waals surface area (Å²) < 4.78 is 11.1. The molecule has 0 fully saturated rings. The Labute approximate surface area is 185 Å². The molecule has 0 spiro atoms. The van der Waals surface area contributed by atoms with Crippen molar-refractivity contribution < 1.29 is 14.3 Å². The van der Waals surface area contributed by atoms with E-state index in [2.05, 4.69) is 20.6 Å². The van der Waals surface area contributed by atoms with E-state index in [-0.39, 0.29) is 5.91 Å². The highest BCUT2D eigenvalue weighted by Crippen LogP contribution is 2.32. The number of ether oxygens (including phenoxy) is 2. The molecular weight excluding hydrogens is 404 g/mol. The summed E-state index contributed by atoms with van der Waals surface area (Å²) in [6.07, 6.45) is 1.52. The van der Waals surface area contributed by atoms with Crippen LogP contribution in [0.1, 0.15) is 10.4 Å². The molecule has 1 aliphatic heterocycles. The number of anilines is 3. The molecule has 0 atom stereocenters. The maximum atomic E-state index is 12.8. The molecule has 7 heteroatoms. The van der Waals surface area contributed by atoms with Crippen molar-refractivity contribution in [3.05, 3.63) is 90.8 Å². The molecule has 1 aromatic heterocycles. The highest BCUT2D eigenvalue weighted by Gasteiger charge is 2.14. The van der Waals surface area contributed by atoms with Crippen LogP contribution in [0, 0.1) is 0 Å². The molecule has 0 saturated carbocycles. The standard InChI is InChI=1S/C25H20N4O3/c30-25(29-20-9-10-22-23(14-20)32-12-11-31-22)18-7-4-8-19(13-18)28-24-15-21(26-16-27-24)17-5-2-1-3-6-17/h1-10,13-16H,11-12H2,(H,29,30)(H,26,27,28). The lowest BCUT2D eigenvalue weighted by molar-refractivity contribution is 0.102.